The predicted octanol–water partition coefficient (Wildman–Crippen LogP) is 4.16. The Kier molecular flexibility index (Phi) is 4.97. The molecule has 0 fully saturated rings. The van der Waals surface area contributed by atoms with Gasteiger partial charge in [0.15, 0.2) is 11.5 Å². The number of hydrogen-bond donors (Lipinski definition) is 2. The SMILES string of the molecule is Fc1ccc(CNc2nc(Nc3cnccn3)cc(-c3ccc4c(c3)OCO4)n2)cc1. The van der Waals surface area contributed by atoms with Gasteiger partial charge in [-0.25, -0.2) is 14.4 Å². The van der Waals surface area contributed by atoms with Gasteiger partial charge in [0.25, 0.3) is 0 Å². The van der Waals surface area contributed by atoms with E-state index in [1.807, 2.05) is 24.3 Å². The van der Waals surface area contributed by atoms with E-state index in [0.717, 1.165) is 11.1 Å². The molecule has 0 bridgehead atoms. The first kappa shape index (κ1) is 18.7. The molecule has 5 rings (SSSR count). The van der Waals surface area contributed by atoms with Gasteiger partial charge in [-0.15, -0.1) is 0 Å². The van der Waals surface area contributed by atoms with E-state index in [9.17, 15) is 4.39 Å². The molecule has 0 spiro atoms. The standard InChI is InChI=1S/C22H17FN6O2/c23-16-4-1-14(2-5-16)11-26-22-27-17(15-3-6-18-19(9-15)31-13-30-18)10-20(29-22)28-21-12-24-7-8-25-21/h1-10,12H,11,13H2,(H2,25,26,27,28,29). The van der Waals surface area contributed by atoms with Crippen LogP contribution in [-0.2, 0) is 6.54 Å². The van der Waals surface area contributed by atoms with Crippen LogP contribution in [0.15, 0.2) is 67.1 Å². The monoisotopic (exact) mass is 416 g/mol. The topological polar surface area (TPSA) is 94.1 Å². The van der Waals surface area contributed by atoms with Gasteiger partial charge in [-0.3, -0.25) is 4.98 Å². The molecular formula is C22H17FN6O2. The van der Waals surface area contributed by atoms with Crippen molar-refractivity contribution in [1.82, 2.24) is 19.9 Å². The molecule has 31 heavy (non-hydrogen) atoms. The third-order valence-corrected chi connectivity index (χ3v) is 4.58. The average molecular weight is 416 g/mol. The molecule has 9 heteroatoms. The maximum absolute atomic E-state index is 13.2. The van der Waals surface area contributed by atoms with Crippen LogP contribution >= 0.6 is 0 Å². The molecule has 0 amide bonds. The van der Waals surface area contributed by atoms with Crippen LogP contribution in [-0.4, -0.2) is 26.7 Å². The molecule has 2 aromatic heterocycles. The zero-order valence-electron chi connectivity index (χ0n) is 16.2. The molecule has 0 unspecified atom stereocenters. The zero-order valence-corrected chi connectivity index (χ0v) is 16.2. The first-order valence-corrected chi connectivity index (χ1v) is 9.53. The lowest BCUT2D eigenvalue weighted by Gasteiger charge is -2.11. The fraction of sp³-hybridized carbons (Fsp3) is 0.0909. The lowest BCUT2D eigenvalue weighted by atomic mass is 10.1. The minimum atomic E-state index is -0.278. The Morgan fingerprint density at radius 2 is 1.77 bits per heavy atom. The summed E-state index contributed by atoms with van der Waals surface area (Å²) in [6.45, 7) is 0.641. The van der Waals surface area contributed by atoms with Crippen LogP contribution in [0.3, 0.4) is 0 Å². The van der Waals surface area contributed by atoms with Crippen molar-refractivity contribution in [1.29, 1.82) is 0 Å². The highest BCUT2D eigenvalue weighted by Crippen LogP contribution is 2.36. The van der Waals surface area contributed by atoms with E-state index in [0.29, 0.717) is 41.3 Å². The fourth-order valence-corrected chi connectivity index (χ4v) is 3.07. The van der Waals surface area contributed by atoms with E-state index in [-0.39, 0.29) is 12.6 Å². The highest BCUT2D eigenvalue weighted by atomic mass is 19.1. The smallest absolute Gasteiger partial charge is 0.231 e. The predicted molar refractivity (Wildman–Crippen MR) is 113 cm³/mol. The number of ether oxygens (including phenoxy) is 2. The highest BCUT2D eigenvalue weighted by Gasteiger charge is 2.15. The lowest BCUT2D eigenvalue weighted by Crippen LogP contribution is -2.07. The first-order chi connectivity index (χ1) is 15.2. The Balaban J connectivity index is 1.46. The molecule has 0 atom stereocenters. The van der Waals surface area contributed by atoms with E-state index in [4.69, 9.17) is 9.47 Å². The molecule has 8 nitrogen and oxygen atoms in total. The summed E-state index contributed by atoms with van der Waals surface area (Å²) in [7, 11) is 0. The van der Waals surface area contributed by atoms with Crippen molar-refractivity contribution in [2.75, 3.05) is 17.4 Å². The van der Waals surface area contributed by atoms with Crippen LogP contribution in [0.5, 0.6) is 11.5 Å². The molecule has 154 valence electrons. The molecule has 0 saturated carbocycles. The number of benzene rings is 2. The summed E-state index contributed by atoms with van der Waals surface area (Å²) in [4.78, 5) is 17.5. The van der Waals surface area contributed by atoms with Gasteiger partial charge in [-0.05, 0) is 35.9 Å². The minimum absolute atomic E-state index is 0.201. The molecule has 2 N–H and O–H groups in total. The first-order valence-electron chi connectivity index (χ1n) is 9.53. The molecule has 3 heterocycles. The minimum Gasteiger partial charge on any atom is -0.454 e. The number of nitrogens with one attached hydrogen (secondary N) is 2. The Hall–Kier alpha value is -4.27. The van der Waals surface area contributed by atoms with Gasteiger partial charge in [0, 0.05) is 30.6 Å². The summed E-state index contributed by atoms with van der Waals surface area (Å²) >= 11 is 0. The van der Waals surface area contributed by atoms with Crippen LogP contribution in [0.25, 0.3) is 11.3 Å². The molecule has 0 aliphatic carbocycles. The van der Waals surface area contributed by atoms with Gasteiger partial charge in [-0.2, -0.15) is 4.98 Å². The summed E-state index contributed by atoms with van der Waals surface area (Å²) in [6, 6.07) is 13.7. The molecule has 1 aliphatic heterocycles. The highest BCUT2D eigenvalue weighted by molar-refractivity contribution is 5.69. The second kappa shape index (κ2) is 8.23. The van der Waals surface area contributed by atoms with E-state index < -0.39 is 0 Å². The van der Waals surface area contributed by atoms with Gasteiger partial charge in [0.2, 0.25) is 12.7 Å². The molecule has 0 radical (unpaired) electrons. The van der Waals surface area contributed by atoms with Crippen molar-refractivity contribution < 1.29 is 13.9 Å². The number of aromatic nitrogens is 4. The second-order valence-corrected chi connectivity index (χ2v) is 6.73. The number of nitrogens with zero attached hydrogens (tertiary/aromatic N) is 4. The van der Waals surface area contributed by atoms with Crippen molar-refractivity contribution >= 4 is 17.6 Å². The number of anilines is 3. The largest absolute Gasteiger partial charge is 0.454 e. The van der Waals surface area contributed by atoms with Crippen LogP contribution < -0.4 is 20.1 Å². The van der Waals surface area contributed by atoms with Crippen LogP contribution in [0, 0.1) is 5.82 Å². The second-order valence-electron chi connectivity index (χ2n) is 6.73. The van der Waals surface area contributed by atoms with Gasteiger partial charge in [0.1, 0.15) is 17.5 Å². The van der Waals surface area contributed by atoms with E-state index in [1.165, 1.54) is 12.1 Å². The number of fused-ring (bicyclic) bond motifs is 1. The lowest BCUT2D eigenvalue weighted by molar-refractivity contribution is 0.174. The van der Waals surface area contributed by atoms with Gasteiger partial charge in [0.05, 0.1) is 11.9 Å². The number of hydrogen-bond acceptors (Lipinski definition) is 8. The van der Waals surface area contributed by atoms with E-state index >= 15 is 0 Å². The quantitative estimate of drug-likeness (QED) is 0.484. The summed E-state index contributed by atoms with van der Waals surface area (Å²) < 4.78 is 24.0. The zero-order chi connectivity index (χ0) is 21.0. The summed E-state index contributed by atoms with van der Waals surface area (Å²) in [5.41, 5.74) is 2.43. The van der Waals surface area contributed by atoms with Crippen molar-refractivity contribution in [3.63, 3.8) is 0 Å². The third kappa shape index (κ3) is 4.35. The fourth-order valence-electron chi connectivity index (χ4n) is 3.07. The number of rotatable bonds is 6. The maximum Gasteiger partial charge on any atom is 0.231 e. The third-order valence-electron chi connectivity index (χ3n) is 4.58. The Morgan fingerprint density at radius 1 is 0.903 bits per heavy atom. The van der Waals surface area contributed by atoms with E-state index in [1.54, 1.807) is 30.7 Å². The van der Waals surface area contributed by atoms with Crippen molar-refractivity contribution in [2.45, 2.75) is 6.54 Å². The van der Waals surface area contributed by atoms with Crippen LogP contribution in [0.4, 0.5) is 22.0 Å². The van der Waals surface area contributed by atoms with Crippen molar-refractivity contribution in [2.24, 2.45) is 0 Å². The Labute approximate surface area is 177 Å². The summed E-state index contributed by atoms with van der Waals surface area (Å²) in [5, 5.41) is 6.33. The van der Waals surface area contributed by atoms with Gasteiger partial charge < -0.3 is 20.1 Å². The normalized spacial score (nSPS) is 11.9. The van der Waals surface area contributed by atoms with Crippen LogP contribution in [0.1, 0.15) is 5.56 Å². The summed E-state index contributed by atoms with van der Waals surface area (Å²) in [5.74, 6) is 2.60. The Bertz CT molecular complexity index is 1200. The van der Waals surface area contributed by atoms with Gasteiger partial charge in [-0.1, -0.05) is 12.1 Å². The molecule has 4 aromatic rings. The molecular weight excluding hydrogens is 399 g/mol. The molecule has 1 aliphatic rings. The van der Waals surface area contributed by atoms with Crippen molar-refractivity contribution in [3.8, 4) is 22.8 Å². The van der Waals surface area contributed by atoms with Crippen molar-refractivity contribution in [3.05, 3.63) is 78.5 Å². The Morgan fingerprint density at radius 3 is 2.61 bits per heavy atom. The summed E-state index contributed by atoms with van der Waals surface area (Å²) in [6.07, 6.45) is 4.79. The average Bonchev–Trinajstić information content (AvgIpc) is 3.27. The molecule has 0 saturated heterocycles. The van der Waals surface area contributed by atoms with Crippen LogP contribution in [0.2, 0.25) is 0 Å². The van der Waals surface area contributed by atoms with Gasteiger partial charge >= 0.3 is 0 Å². The molecule has 2 aromatic carbocycles. The van der Waals surface area contributed by atoms with E-state index in [2.05, 4.69) is 30.6 Å². The maximum atomic E-state index is 13.2. The number of halogens is 1.